The first kappa shape index (κ1) is 24.5. The number of benzene rings is 3. The summed E-state index contributed by atoms with van der Waals surface area (Å²) in [6.07, 6.45) is 0. The quantitative estimate of drug-likeness (QED) is 0.180. The SMILES string of the molecule is Ic1ccc([PH+](c2ccccc2)c2ccc(I)cc2)cc1.O=S(=O)([O-])C(F)(F)F. The molecule has 10 heteroatoms. The molecule has 0 heterocycles. The third kappa shape index (κ3) is 7.46. The summed E-state index contributed by atoms with van der Waals surface area (Å²) in [6.45, 7) is 0. The van der Waals surface area contributed by atoms with Crippen LogP contribution in [0.1, 0.15) is 0 Å². The lowest BCUT2D eigenvalue weighted by atomic mass is 10.4. The molecule has 3 rings (SSSR count). The molecule has 0 atom stereocenters. The predicted octanol–water partition coefficient (Wildman–Crippen LogP) is 4.44. The summed E-state index contributed by atoms with van der Waals surface area (Å²) in [6, 6.07) is 28.8. The lowest BCUT2D eigenvalue weighted by molar-refractivity contribution is -0.0517. The number of rotatable bonds is 3. The van der Waals surface area contributed by atoms with Crippen molar-refractivity contribution in [1.29, 1.82) is 0 Å². The van der Waals surface area contributed by atoms with Crippen molar-refractivity contribution in [3.05, 3.63) is 86.0 Å². The minimum absolute atomic E-state index is 0.917. The van der Waals surface area contributed by atoms with E-state index in [1.165, 1.54) is 23.1 Å². The molecule has 29 heavy (non-hydrogen) atoms. The molecule has 0 fully saturated rings. The molecule has 0 unspecified atom stereocenters. The van der Waals surface area contributed by atoms with Crippen LogP contribution in [-0.2, 0) is 10.1 Å². The molecule has 3 nitrogen and oxygen atoms in total. The summed E-state index contributed by atoms with van der Waals surface area (Å²) in [4.78, 5) is 0. The molecule has 0 aliphatic rings. The Morgan fingerprint density at radius 3 is 1.31 bits per heavy atom. The number of hydrogen-bond acceptors (Lipinski definition) is 3. The maximum absolute atomic E-state index is 10.7. The fourth-order valence-electron chi connectivity index (χ4n) is 2.34. The second kappa shape index (κ2) is 10.5. The minimum Gasteiger partial charge on any atom is -0.741 e. The maximum Gasteiger partial charge on any atom is 0.485 e. The van der Waals surface area contributed by atoms with Crippen LogP contribution in [0.2, 0.25) is 0 Å². The fraction of sp³-hybridized carbons (Fsp3) is 0.0526. The summed E-state index contributed by atoms with van der Waals surface area (Å²) < 4.78 is 61.5. The highest BCUT2D eigenvalue weighted by Crippen LogP contribution is 2.32. The molecule has 0 aromatic heterocycles. The third-order valence-electron chi connectivity index (χ3n) is 3.61. The van der Waals surface area contributed by atoms with Crippen LogP contribution in [0.4, 0.5) is 13.2 Å². The van der Waals surface area contributed by atoms with Gasteiger partial charge in [-0.25, -0.2) is 8.42 Å². The molecule has 0 spiro atoms. The van der Waals surface area contributed by atoms with E-state index in [2.05, 4.69) is 124 Å². The van der Waals surface area contributed by atoms with E-state index in [4.69, 9.17) is 13.0 Å². The van der Waals surface area contributed by atoms with Gasteiger partial charge in [-0.3, -0.25) is 0 Å². The van der Waals surface area contributed by atoms with E-state index in [-0.39, 0.29) is 0 Å². The summed E-state index contributed by atoms with van der Waals surface area (Å²) in [7, 11) is -7.01. The van der Waals surface area contributed by atoms with Gasteiger partial charge in [0.1, 0.15) is 15.9 Å². The highest BCUT2D eigenvalue weighted by Gasteiger charge is 2.36. The first-order chi connectivity index (χ1) is 13.5. The third-order valence-corrected chi connectivity index (χ3v) is 8.35. The van der Waals surface area contributed by atoms with Crippen molar-refractivity contribution >= 4 is 79.1 Å². The van der Waals surface area contributed by atoms with Crippen molar-refractivity contribution < 1.29 is 26.1 Å². The van der Waals surface area contributed by atoms with Gasteiger partial charge < -0.3 is 4.55 Å². The van der Waals surface area contributed by atoms with E-state index in [1.807, 2.05) is 0 Å². The van der Waals surface area contributed by atoms with Crippen LogP contribution in [-0.4, -0.2) is 18.5 Å². The Bertz CT molecular complexity index is 982. The van der Waals surface area contributed by atoms with Crippen molar-refractivity contribution in [2.45, 2.75) is 5.51 Å². The summed E-state index contributed by atoms with van der Waals surface area (Å²) >= 11 is 4.73. The fourth-order valence-corrected chi connectivity index (χ4v) is 5.58. The molecule has 0 saturated heterocycles. The van der Waals surface area contributed by atoms with Crippen molar-refractivity contribution in [1.82, 2.24) is 0 Å². The Kier molecular flexibility index (Phi) is 8.89. The Morgan fingerprint density at radius 2 is 1.00 bits per heavy atom. The molecule has 0 aliphatic heterocycles. The first-order valence-corrected chi connectivity index (χ1v) is 13.0. The summed E-state index contributed by atoms with van der Waals surface area (Å²) in [5, 5.41) is 4.31. The standard InChI is InChI=1S/C18H13I2P.CHF3O3S/c19-14-6-10-17(11-7-14)21(16-4-2-1-3-5-16)18-12-8-15(20)9-13-18;2-1(3,4)8(5,6)7/h1-13H;(H,5,6,7). The second-order valence-corrected chi connectivity index (χ2v) is 12.0. The largest absolute Gasteiger partial charge is 0.741 e. The monoisotopic (exact) mass is 664 g/mol. The van der Waals surface area contributed by atoms with Crippen LogP contribution in [0.5, 0.6) is 0 Å². The Balaban J connectivity index is 0.000000321. The van der Waals surface area contributed by atoms with E-state index in [0.29, 0.717) is 0 Å². The van der Waals surface area contributed by atoms with Crippen LogP contribution >= 0.6 is 53.1 Å². The average molecular weight is 664 g/mol. The molecule has 0 amide bonds. The zero-order valence-corrected chi connectivity index (χ0v) is 20.7. The molecular formula is C19H14F3I2O3PS. The molecule has 0 radical (unpaired) electrons. The first-order valence-electron chi connectivity index (χ1n) is 7.95. The van der Waals surface area contributed by atoms with Crippen LogP contribution in [0.15, 0.2) is 78.9 Å². The van der Waals surface area contributed by atoms with Crippen molar-refractivity contribution in [3.63, 3.8) is 0 Å². The minimum atomic E-state index is -6.09. The van der Waals surface area contributed by atoms with E-state index in [1.54, 1.807) is 0 Å². The van der Waals surface area contributed by atoms with Gasteiger partial charge in [0, 0.05) is 7.14 Å². The molecule has 0 N–H and O–H groups in total. The van der Waals surface area contributed by atoms with E-state index < -0.39 is 23.5 Å². The highest BCUT2D eigenvalue weighted by molar-refractivity contribution is 14.1. The second-order valence-electron chi connectivity index (χ2n) is 5.65. The number of halogens is 5. The van der Waals surface area contributed by atoms with Crippen LogP contribution in [0.25, 0.3) is 0 Å². The zero-order chi connectivity index (χ0) is 21.7. The Labute approximate surface area is 195 Å². The van der Waals surface area contributed by atoms with Gasteiger partial charge in [-0.1, -0.05) is 18.2 Å². The van der Waals surface area contributed by atoms with Gasteiger partial charge in [0.25, 0.3) is 0 Å². The molecule has 3 aromatic rings. The van der Waals surface area contributed by atoms with Gasteiger partial charge in [-0.05, 0) is 106 Å². The molecule has 154 valence electrons. The molecule has 0 saturated carbocycles. The van der Waals surface area contributed by atoms with E-state index >= 15 is 0 Å². The van der Waals surface area contributed by atoms with Gasteiger partial charge in [-0.15, -0.1) is 0 Å². The van der Waals surface area contributed by atoms with Crippen molar-refractivity contribution in [3.8, 4) is 0 Å². The van der Waals surface area contributed by atoms with Crippen LogP contribution < -0.4 is 15.9 Å². The van der Waals surface area contributed by atoms with Crippen molar-refractivity contribution in [2.24, 2.45) is 0 Å². The van der Waals surface area contributed by atoms with Gasteiger partial charge in [-0.2, -0.15) is 13.2 Å². The Hall–Kier alpha value is -0.750. The van der Waals surface area contributed by atoms with Gasteiger partial charge in [0.05, 0.1) is 7.92 Å². The number of hydrogen-bond donors (Lipinski definition) is 0. The van der Waals surface area contributed by atoms with Gasteiger partial charge in [0.15, 0.2) is 10.1 Å². The highest BCUT2D eigenvalue weighted by atomic mass is 127. The summed E-state index contributed by atoms with van der Waals surface area (Å²) in [5.41, 5.74) is -5.65. The topological polar surface area (TPSA) is 57.2 Å². The van der Waals surface area contributed by atoms with Gasteiger partial charge in [0.2, 0.25) is 0 Å². The molecular weight excluding hydrogens is 650 g/mol. The van der Waals surface area contributed by atoms with Crippen LogP contribution in [0.3, 0.4) is 0 Å². The Morgan fingerprint density at radius 1 is 0.690 bits per heavy atom. The predicted molar refractivity (Wildman–Crippen MR) is 128 cm³/mol. The average Bonchev–Trinajstić information content (AvgIpc) is 2.65. The van der Waals surface area contributed by atoms with E-state index in [9.17, 15) is 13.2 Å². The normalized spacial score (nSPS) is 11.7. The smallest absolute Gasteiger partial charge is 0.485 e. The lowest BCUT2D eigenvalue weighted by Crippen LogP contribution is -2.21. The lowest BCUT2D eigenvalue weighted by Gasteiger charge is -2.11. The number of alkyl halides is 3. The molecule has 3 aromatic carbocycles. The molecule has 0 aliphatic carbocycles. The van der Waals surface area contributed by atoms with Crippen molar-refractivity contribution in [2.75, 3.05) is 0 Å². The summed E-state index contributed by atoms with van der Waals surface area (Å²) in [5.74, 6) is 0. The molecule has 0 bridgehead atoms. The van der Waals surface area contributed by atoms with Gasteiger partial charge >= 0.3 is 5.51 Å². The zero-order valence-electron chi connectivity index (χ0n) is 14.5. The maximum atomic E-state index is 10.7. The van der Waals surface area contributed by atoms with E-state index in [0.717, 1.165) is 0 Å². The van der Waals surface area contributed by atoms with Crippen LogP contribution in [0, 0.1) is 7.14 Å².